The maximum Gasteiger partial charge on any atom is 0.274 e. The van der Waals surface area contributed by atoms with Crippen molar-refractivity contribution >= 4 is 11.6 Å². The first-order valence-corrected chi connectivity index (χ1v) is 6.43. The summed E-state index contributed by atoms with van der Waals surface area (Å²) in [5, 5.41) is 12.8. The summed E-state index contributed by atoms with van der Waals surface area (Å²) in [4.78, 5) is 12.0. The molecule has 5 nitrogen and oxygen atoms in total. The summed E-state index contributed by atoms with van der Waals surface area (Å²) in [5.41, 5.74) is 5.06. The highest BCUT2D eigenvalue weighted by atomic mass is 16.3. The predicted molar refractivity (Wildman–Crippen MR) is 79.0 cm³/mol. The van der Waals surface area contributed by atoms with Gasteiger partial charge in [-0.3, -0.25) is 4.79 Å². The Morgan fingerprint density at radius 3 is 2.48 bits per heavy atom. The van der Waals surface area contributed by atoms with Crippen LogP contribution in [0.4, 0.5) is 0 Å². The quantitative estimate of drug-likeness (QED) is 0.694. The van der Waals surface area contributed by atoms with Crippen LogP contribution in [0.2, 0.25) is 0 Å². The van der Waals surface area contributed by atoms with Gasteiger partial charge < -0.3 is 4.42 Å². The minimum absolute atomic E-state index is 0.308. The van der Waals surface area contributed by atoms with E-state index < -0.39 is 0 Å². The number of rotatable bonds is 3. The Morgan fingerprint density at radius 2 is 1.95 bits per heavy atom. The SMILES string of the molecule is CC(=NNC(=O)c1cc(C)oc1C)c1ccc(C#N)cc1. The third-order valence-electron chi connectivity index (χ3n) is 3.04. The number of benzene rings is 1. The molecule has 1 aromatic heterocycles. The Balaban J connectivity index is 2.11. The van der Waals surface area contributed by atoms with Crippen molar-refractivity contribution in [1.29, 1.82) is 5.26 Å². The van der Waals surface area contributed by atoms with E-state index in [0.717, 1.165) is 5.56 Å². The Morgan fingerprint density at radius 1 is 1.29 bits per heavy atom. The van der Waals surface area contributed by atoms with Crippen molar-refractivity contribution in [2.75, 3.05) is 0 Å². The number of nitriles is 1. The summed E-state index contributed by atoms with van der Waals surface area (Å²) in [6, 6.07) is 10.7. The summed E-state index contributed by atoms with van der Waals surface area (Å²) in [5.74, 6) is 0.944. The highest BCUT2D eigenvalue weighted by molar-refractivity contribution is 6.01. The molecule has 0 fully saturated rings. The standard InChI is InChI=1S/C16H15N3O2/c1-10-8-15(12(3)21-10)16(20)19-18-11(2)14-6-4-13(9-17)5-7-14/h4-8H,1-3H3,(H,19,20). The van der Waals surface area contributed by atoms with Crippen molar-refractivity contribution < 1.29 is 9.21 Å². The molecule has 1 aromatic carbocycles. The lowest BCUT2D eigenvalue weighted by atomic mass is 10.1. The van der Waals surface area contributed by atoms with Crippen molar-refractivity contribution in [3.63, 3.8) is 0 Å². The summed E-state index contributed by atoms with van der Waals surface area (Å²) in [6.45, 7) is 5.31. The van der Waals surface area contributed by atoms with Gasteiger partial charge in [-0.25, -0.2) is 5.43 Å². The fraction of sp³-hybridized carbons (Fsp3) is 0.188. The van der Waals surface area contributed by atoms with Gasteiger partial charge in [-0.2, -0.15) is 10.4 Å². The van der Waals surface area contributed by atoms with Gasteiger partial charge in [0.05, 0.1) is 22.9 Å². The van der Waals surface area contributed by atoms with Crippen LogP contribution in [0.5, 0.6) is 0 Å². The molecule has 0 radical (unpaired) electrons. The molecule has 0 unspecified atom stereocenters. The van der Waals surface area contributed by atoms with Gasteiger partial charge in [-0.1, -0.05) is 12.1 Å². The molecule has 1 amide bonds. The first kappa shape index (κ1) is 14.5. The number of amides is 1. The van der Waals surface area contributed by atoms with Crippen molar-refractivity contribution in [3.05, 3.63) is 58.5 Å². The fourth-order valence-corrected chi connectivity index (χ4v) is 1.90. The number of nitrogens with one attached hydrogen (secondary N) is 1. The van der Waals surface area contributed by atoms with Crippen LogP contribution in [0.1, 0.15) is 39.9 Å². The number of nitrogens with zero attached hydrogens (tertiary/aromatic N) is 2. The van der Waals surface area contributed by atoms with E-state index in [4.69, 9.17) is 9.68 Å². The smallest absolute Gasteiger partial charge is 0.274 e. The average Bonchev–Trinajstić information content (AvgIpc) is 2.83. The van der Waals surface area contributed by atoms with Gasteiger partial charge in [-0.05, 0) is 44.5 Å². The molecule has 106 valence electrons. The summed E-state index contributed by atoms with van der Waals surface area (Å²) < 4.78 is 5.31. The van der Waals surface area contributed by atoms with Crippen molar-refractivity contribution in [3.8, 4) is 6.07 Å². The molecule has 1 heterocycles. The van der Waals surface area contributed by atoms with E-state index in [9.17, 15) is 4.79 Å². The normalized spacial score (nSPS) is 11.0. The number of hydrazone groups is 1. The number of carbonyl (C=O) groups excluding carboxylic acids is 1. The van der Waals surface area contributed by atoms with E-state index in [-0.39, 0.29) is 5.91 Å². The van der Waals surface area contributed by atoms with Crippen LogP contribution < -0.4 is 5.43 Å². The monoisotopic (exact) mass is 281 g/mol. The fourth-order valence-electron chi connectivity index (χ4n) is 1.90. The third-order valence-corrected chi connectivity index (χ3v) is 3.04. The molecule has 2 rings (SSSR count). The molecular formula is C16H15N3O2. The topological polar surface area (TPSA) is 78.4 Å². The lowest BCUT2D eigenvalue weighted by Gasteiger charge is -2.02. The first-order chi connectivity index (χ1) is 10.0. The lowest BCUT2D eigenvalue weighted by Crippen LogP contribution is -2.19. The zero-order chi connectivity index (χ0) is 15.4. The molecule has 0 spiro atoms. The Labute approximate surface area is 122 Å². The van der Waals surface area contributed by atoms with Crippen molar-refractivity contribution in [1.82, 2.24) is 5.43 Å². The molecule has 0 aliphatic rings. The number of hydrogen-bond acceptors (Lipinski definition) is 4. The Hall–Kier alpha value is -2.87. The molecule has 5 heteroatoms. The van der Waals surface area contributed by atoms with E-state index in [1.807, 2.05) is 0 Å². The second-order valence-electron chi connectivity index (χ2n) is 4.65. The minimum atomic E-state index is -0.308. The zero-order valence-corrected chi connectivity index (χ0v) is 12.1. The van der Waals surface area contributed by atoms with Gasteiger partial charge in [0, 0.05) is 0 Å². The van der Waals surface area contributed by atoms with Gasteiger partial charge in [0.15, 0.2) is 0 Å². The molecule has 1 N–H and O–H groups in total. The molecule has 0 atom stereocenters. The van der Waals surface area contributed by atoms with Crippen LogP contribution in [0.15, 0.2) is 39.9 Å². The molecule has 0 aliphatic carbocycles. The molecule has 21 heavy (non-hydrogen) atoms. The summed E-state index contributed by atoms with van der Waals surface area (Å²) in [7, 11) is 0. The Bertz CT molecular complexity index is 734. The maximum atomic E-state index is 12.0. The summed E-state index contributed by atoms with van der Waals surface area (Å²) >= 11 is 0. The summed E-state index contributed by atoms with van der Waals surface area (Å²) in [6.07, 6.45) is 0. The largest absolute Gasteiger partial charge is 0.466 e. The molecular weight excluding hydrogens is 266 g/mol. The second-order valence-corrected chi connectivity index (χ2v) is 4.65. The van der Waals surface area contributed by atoms with E-state index >= 15 is 0 Å². The van der Waals surface area contributed by atoms with Gasteiger partial charge in [0.1, 0.15) is 11.5 Å². The van der Waals surface area contributed by atoms with E-state index in [1.165, 1.54) is 0 Å². The first-order valence-electron chi connectivity index (χ1n) is 6.43. The number of carbonyl (C=O) groups is 1. The van der Waals surface area contributed by atoms with Crippen LogP contribution in [0, 0.1) is 25.2 Å². The third kappa shape index (κ3) is 3.37. The minimum Gasteiger partial charge on any atom is -0.466 e. The van der Waals surface area contributed by atoms with Gasteiger partial charge in [0.2, 0.25) is 0 Å². The predicted octanol–water partition coefficient (Wildman–Crippen LogP) is 2.92. The van der Waals surface area contributed by atoms with Gasteiger partial charge in [-0.15, -0.1) is 0 Å². The van der Waals surface area contributed by atoms with Crippen LogP contribution in [0.3, 0.4) is 0 Å². The number of furan rings is 1. The average molecular weight is 281 g/mol. The lowest BCUT2D eigenvalue weighted by molar-refractivity contribution is 0.0953. The molecule has 0 aliphatic heterocycles. The van der Waals surface area contributed by atoms with E-state index in [1.54, 1.807) is 51.1 Å². The van der Waals surface area contributed by atoms with E-state index in [2.05, 4.69) is 16.6 Å². The highest BCUT2D eigenvalue weighted by Crippen LogP contribution is 2.13. The molecule has 2 aromatic rings. The van der Waals surface area contributed by atoms with Crippen molar-refractivity contribution in [2.24, 2.45) is 5.10 Å². The molecule has 0 saturated carbocycles. The molecule has 0 bridgehead atoms. The van der Waals surface area contributed by atoms with Crippen molar-refractivity contribution in [2.45, 2.75) is 20.8 Å². The van der Waals surface area contributed by atoms with Crippen LogP contribution in [0.25, 0.3) is 0 Å². The second kappa shape index (κ2) is 6.06. The van der Waals surface area contributed by atoms with Crippen LogP contribution >= 0.6 is 0 Å². The number of hydrogen-bond donors (Lipinski definition) is 1. The van der Waals surface area contributed by atoms with E-state index in [0.29, 0.717) is 28.4 Å². The van der Waals surface area contributed by atoms with Gasteiger partial charge >= 0.3 is 0 Å². The maximum absolute atomic E-state index is 12.0. The number of aryl methyl sites for hydroxylation is 2. The Kier molecular flexibility index (Phi) is 4.19. The molecule has 0 saturated heterocycles. The highest BCUT2D eigenvalue weighted by Gasteiger charge is 2.12. The van der Waals surface area contributed by atoms with Gasteiger partial charge in [0.25, 0.3) is 5.91 Å². The van der Waals surface area contributed by atoms with Crippen LogP contribution in [-0.2, 0) is 0 Å². The van der Waals surface area contributed by atoms with Crippen LogP contribution in [-0.4, -0.2) is 11.6 Å². The zero-order valence-electron chi connectivity index (χ0n) is 12.1.